The third-order valence-corrected chi connectivity index (χ3v) is 3.74. The average molecular weight is 318 g/mol. The van der Waals surface area contributed by atoms with Crippen LogP contribution in [-0.4, -0.2) is 11.7 Å². The van der Waals surface area contributed by atoms with E-state index in [1.54, 1.807) is 24.3 Å². The molecule has 0 saturated heterocycles. The number of rotatable bonds is 2. The van der Waals surface area contributed by atoms with Crippen LogP contribution in [0.2, 0.25) is 10.0 Å². The Labute approximate surface area is 131 Å². The van der Waals surface area contributed by atoms with E-state index in [0.717, 1.165) is 11.1 Å². The lowest BCUT2D eigenvalue weighted by atomic mass is 10.0. The number of carbonyl (C=O) groups is 1. The highest BCUT2D eigenvalue weighted by Gasteiger charge is 2.26. The van der Waals surface area contributed by atoms with Crippen molar-refractivity contribution < 1.29 is 9.63 Å². The third-order valence-electron chi connectivity index (χ3n) is 3.00. The Balaban J connectivity index is 2.02. The lowest BCUT2D eigenvalue weighted by Gasteiger charge is -2.01. The summed E-state index contributed by atoms with van der Waals surface area (Å²) in [6.45, 7) is 0. The second-order valence-corrected chi connectivity index (χ2v) is 5.23. The number of oxime groups is 1. The molecule has 0 spiro atoms. The Kier molecular flexibility index (Phi) is 3.78. The van der Waals surface area contributed by atoms with Gasteiger partial charge in [-0.15, -0.1) is 0 Å². The van der Waals surface area contributed by atoms with Gasteiger partial charge in [0.25, 0.3) is 0 Å². The summed E-state index contributed by atoms with van der Waals surface area (Å²) in [5, 5.41) is 4.73. The van der Waals surface area contributed by atoms with Gasteiger partial charge in [-0.05, 0) is 23.8 Å². The summed E-state index contributed by atoms with van der Waals surface area (Å²) < 4.78 is 0. The highest BCUT2D eigenvalue weighted by atomic mass is 35.5. The van der Waals surface area contributed by atoms with Crippen molar-refractivity contribution in [3.05, 3.63) is 75.3 Å². The summed E-state index contributed by atoms with van der Waals surface area (Å²) >= 11 is 11.9. The lowest BCUT2D eigenvalue weighted by molar-refractivity contribution is -0.136. The van der Waals surface area contributed by atoms with Crippen LogP contribution in [0, 0.1) is 0 Å². The predicted molar refractivity (Wildman–Crippen MR) is 83.5 cm³/mol. The molecule has 0 aromatic heterocycles. The molecular formula is C16H9Cl2NO2. The summed E-state index contributed by atoms with van der Waals surface area (Å²) in [5.41, 5.74) is 2.46. The number of hydrogen-bond donors (Lipinski definition) is 0. The fourth-order valence-corrected chi connectivity index (χ4v) is 2.29. The zero-order chi connectivity index (χ0) is 14.8. The molecule has 1 aliphatic rings. The zero-order valence-corrected chi connectivity index (χ0v) is 12.2. The molecule has 5 heteroatoms. The van der Waals surface area contributed by atoms with Gasteiger partial charge in [-0.3, -0.25) is 0 Å². The molecule has 0 N–H and O–H groups in total. The molecule has 3 nitrogen and oxygen atoms in total. The van der Waals surface area contributed by atoms with E-state index in [4.69, 9.17) is 28.0 Å². The van der Waals surface area contributed by atoms with Crippen molar-refractivity contribution in [2.24, 2.45) is 5.16 Å². The molecule has 21 heavy (non-hydrogen) atoms. The van der Waals surface area contributed by atoms with Gasteiger partial charge in [-0.25, -0.2) is 4.79 Å². The monoisotopic (exact) mass is 317 g/mol. The van der Waals surface area contributed by atoms with Crippen LogP contribution < -0.4 is 0 Å². The molecule has 0 atom stereocenters. The smallest absolute Gasteiger partial charge is 0.312 e. The largest absolute Gasteiger partial charge is 0.368 e. The fourth-order valence-electron chi connectivity index (χ4n) is 1.98. The van der Waals surface area contributed by atoms with Crippen molar-refractivity contribution in [2.75, 3.05) is 0 Å². The van der Waals surface area contributed by atoms with Crippen LogP contribution in [0.5, 0.6) is 0 Å². The minimum absolute atomic E-state index is 0.389. The lowest BCUT2D eigenvalue weighted by Crippen LogP contribution is -2.06. The molecule has 3 rings (SSSR count). The van der Waals surface area contributed by atoms with Crippen molar-refractivity contribution >= 4 is 41.0 Å². The fraction of sp³-hybridized carbons (Fsp3) is 0. The Morgan fingerprint density at radius 3 is 2.48 bits per heavy atom. The molecule has 0 aliphatic carbocycles. The highest BCUT2D eigenvalue weighted by Crippen LogP contribution is 2.26. The van der Waals surface area contributed by atoms with Gasteiger partial charge in [0.2, 0.25) is 0 Å². The van der Waals surface area contributed by atoms with Crippen LogP contribution in [0.4, 0.5) is 0 Å². The topological polar surface area (TPSA) is 38.7 Å². The highest BCUT2D eigenvalue weighted by molar-refractivity contribution is 6.42. The molecule has 0 bridgehead atoms. The van der Waals surface area contributed by atoms with Crippen LogP contribution in [0.15, 0.2) is 59.3 Å². The summed E-state index contributed by atoms with van der Waals surface area (Å²) in [7, 11) is 0. The molecule has 104 valence electrons. The van der Waals surface area contributed by atoms with Gasteiger partial charge in [0.05, 0.1) is 15.6 Å². The first-order chi connectivity index (χ1) is 10.1. The molecule has 1 aliphatic heterocycles. The molecule has 2 aromatic carbocycles. The Morgan fingerprint density at radius 2 is 1.76 bits per heavy atom. The van der Waals surface area contributed by atoms with Crippen LogP contribution in [0.3, 0.4) is 0 Å². The van der Waals surface area contributed by atoms with E-state index in [-0.39, 0.29) is 0 Å². The van der Waals surface area contributed by atoms with E-state index >= 15 is 0 Å². The number of benzene rings is 2. The minimum Gasteiger partial charge on any atom is -0.312 e. The molecule has 0 amide bonds. The SMILES string of the molecule is O=C1ON=C(c2ccccc2)C1=Cc1ccc(Cl)c(Cl)c1. The average Bonchev–Trinajstić information content (AvgIpc) is 2.85. The summed E-state index contributed by atoms with van der Waals surface area (Å²) in [4.78, 5) is 16.6. The molecule has 2 aromatic rings. The van der Waals surface area contributed by atoms with Gasteiger partial charge in [-0.2, -0.15) is 0 Å². The van der Waals surface area contributed by atoms with Crippen LogP contribution in [0.1, 0.15) is 11.1 Å². The van der Waals surface area contributed by atoms with Crippen molar-refractivity contribution in [2.45, 2.75) is 0 Å². The molecule has 0 fully saturated rings. The summed E-state index contributed by atoms with van der Waals surface area (Å²) in [5.74, 6) is -0.486. The van der Waals surface area contributed by atoms with Gasteiger partial charge < -0.3 is 4.84 Å². The predicted octanol–water partition coefficient (Wildman–Crippen LogP) is 4.34. The van der Waals surface area contributed by atoms with Gasteiger partial charge in [0.15, 0.2) is 0 Å². The number of nitrogens with zero attached hydrogens (tertiary/aromatic N) is 1. The molecule has 1 heterocycles. The first kappa shape index (κ1) is 13.9. The molecule has 0 radical (unpaired) electrons. The summed E-state index contributed by atoms with van der Waals surface area (Å²) in [6.07, 6.45) is 1.68. The standard InChI is InChI=1S/C16H9Cl2NO2/c17-13-7-6-10(9-14(13)18)8-12-15(19-21-16(12)20)11-4-2-1-3-5-11/h1-9H. The first-order valence-electron chi connectivity index (χ1n) is 6.17. The Hall–Kier alpha value is -2.10. The Morgan fingerprint density at radius 1 is 1.00 bits per heavy atom. The molecule has 0 unspecified atom stereocenters. The second kappa shape index (κ2) is 5.72. The van der Waals surface area contributed by atoms with E-state index in [1.165, 1.54) is 0 Å². The van der Waals surface area contributed by atoms with Crippen molar-refractivity contribution in [1.82, 2.24) is 0 Å². The molecular weight excluding hydrogens is 309 g/mol. The molecule has 0 saturated carbocycles. The first-order valence-corrected chi connectivity index (χ1v) is 6.92. The number of carbonyl (C=O) groups excluding carboxylic acids is 1. The van der Waals surface area contributed by atoms with Crippen LogP contribution >= 0.6 is 23.2 Å². The maximum Gasteiger partial charge on any atom is 0.368 e. The summed E-state index contributed by atoms with van der Waals surface area (Å²) in [6, 6.07) is 14.5. The van der Waals surface area contributed by atoms with E-state index < -0.39 is 5.97 Å². The van der Waals surface area contributed by atoms with Crippen LogP contribution in [-0.2, 0) is 9.63 Å². The van der Waals surface area contributed by atoms with E-state index in [1.807, 2.05) is 30.3 Å². The van der Waals surface area contributed by atoms with Gasteiger partial charge in [0, 0.05) is 5.56 Å². The maximum absolute atomic E-state index is 11.9. The Bertz CT molecular complexity index is 767. The van der Waals surface area contributed by atoms with E-state index in [9.17, 15) is 4.79 Å². The van der Waals surface area contributed by atoms with Crippen molar-refractivity contribution in [1.29, 1.82) is 0 Å². The zero-order valence-electron chi connectivity index (χ0n) is 10.7. The second-order valence-electron chi connectivity index (χ2n) is 4.42. The minimum atomic E-state index is -0.486. The number of hydrogen-bond acceptors (Lipinski definition) is 3. The normalized spacial score (nSPS) is 16.0. The van der Waals surface area contributed by atoms with Crippen LogP contribution in [0.25, 0.3) is 6.08 Å². The van der Waals surface area contributed by atoms with E-state index in [2.05, 4.69) is 5.16 Å². The van der Waals surface area contributed by atoms with E-state index in [0.29, 0.717) is 21.3 Å². The maximum atomic E-state index is 11.9. The van der Waals surface area contributed by atoms with Crippen molar-refractivity contribution in [3.63, 3.8) is 0 Å². The number of halogens is 2. The quantitative estimate of drug-likeness (QED) is 0.610. The van der Waals surface area contributed by atoms with Gasteiger partial charge >= 0.3 is 5.97 Å². The van der Waals surface area contributed by atoms with Crippen molar-refractivity contribution in [3.8, 4) is 0 Å². The van der Waals surface area contributed by atoms with Gasteiger partial charge in [-0.1, -0.05) is 64.8 Å². The van der Waals surface area contributed by atoms with Gasteiger partial charge in [0.1, 0.15) is 5.71 Å². The third kappa shape index (κ3) is 2.84.